The molecule has 1 aromatic heterocycles. The Morgan fingerprint density at radius 2 is 2.19 bits per heavy atom. The van der Waals surface area contributed by atoms with Gasteiger partial charge in [-0.2, -0.15) is 0 Å². The van der Waals surface area contributed by atoms with Crippen molar-refractivity contribution in [1.29, 1.82) is 0 Å². The van der Waals surface area contributed by atoms with Crippen LogP contribution in [0.3, 0.4) is 0 Å². The summed E-state index contributed by atoms with van der Waals surface area (Å²) >= 11 is 7.28. The second-order valence-electron chi connectivity index (χ2n) is 5.84. The second kappa shape index (κ2) is 14.0. The predicted octanol–water partition coefficient (Wildman–Crippen LogP) is 3.19. The van der Waals surface area contributed by atoms with Gasteiger partial charge >= 0.3 is 0 Å². The fourth-order valence-corrected chi connectivity index (χ4v) is 3.53. The molecular formula is C17H29ClIN3O3S. The van der Waals surface area contributed by atoms with E-state index in [2.05, 4.69) is 15.6 Å². The summed E-state index contributed by atoms with van der Waals surface area (Å²) in [6, 6.07) is 3.62. The third-order valence-corrected chi connectivity index (χ3v) is 5.16. The normalized spacial score (nSPS) is 16.8. The number of hydrogen-bond donors (Lipinski definition) is 3. The Hall–Kier alpha value is -0.130. The van der Waals surface area contributed by atoms with Crippen molar-refractivity contribution in [2.24, 2.45) is 4.99 Å². The van der Waals surface area contributed by atoms with Crippen LogP contribution in [-0.2, 0) is 9.47 Å². The lowest BCUT2D eigenvalue weighted by molar-refractivity contribution is -0.0320. The number of aliphatic hydroxyl groups excluding tert-OH is 1. The first kappa shape index (κ1) is 23.9. The zero-order valence-electron chi connectivity index (χ0n) is 15.1. The molecule has 2 heterocycles. The monoisotopic (exact) mass is 517 g/mol. The van der Waals surface area contributed by atoms with Crippen molar-refractivity contribution in [1.82, 2.24) is 10.6 Å². The number of aliphatic imine (C=N–C) groups is 1. The van der Waals surface area contributed by atoms with Crippen molar-refractivity contribution < 1.29 is 14.6 Å². The van der Waals surface area contributed by atoms with Gasteiger partial charge in [-0.25, -0.2) is 0 Å². The highest BCUT2D eigenvalue weighted by atomic mass is 127. The predicted molar refractivity (Wildman–Crippen MR) is 118 cm³/mol. The van der Waals surface area contributed by atoms with E-state index in [4.69, 9.17) is 21.1 Å². The Bertz CT molecular complexity index is 527. The maximum absolute atomic E-state index is 10.2. The zero-order valence-corrected chi connectivity index (χ0v) is 19.0. The minimum absolute atomic E-state index is 0. The Balaban J connectivity index is 0.00000338. The van der Waals surface area contributed by atoms with E-state index in [1.807, 2.05) is 13.0 Å². The molecule has 0 saturated carbocycles. The van der Waals surface area contributed by atoms with Crippen LogP contribution in [0, 0.1) is 0 Å². The van der Waals surface area contributed by atoms with Gasteiger partial charge in [0.1, 0.15) is 6.10 Å². The van der Waals surface area contributed by atoms with E-state index in [9.17, 15) is 5.11 Å². The Kier molecular flexibility index (Phi) is 12.8. The number of nitrogens with zero attached hydrogens (tertiary/aromatic N) is 1. The number of aliphatic hydroxyl groups is 1. The van der Waals surface area contributed by atoms with Crippen molar-refractivity contribution in [3.63, 3.8) is 0 Å². The van der Waals surface area contributed by atoms with Crippen molar-refractivity contribution in [2.45, 2.75) is 38.4 Å². The Morgan fingerprint density at radius 1 is 1.42 bits per heavy atom. The molecule has 0 aliphatic carbocycles. The van der Waals surface area contributed by atoms with Crippen LogP contribution in [-0.4, -0.2) is 56.6 Å². The summed E-state index contributed by atoms with van der Waals surface area (Å²) in [5, 5.41) is 16.6. The van der Waals surface area contributed by atoms with Crippen LogP contribution >= 0.6 is 46.9 Å². The highest BCUT2D eigenvalue weighted by Crippen LogP contribution is 2.26. The topological polar surface area (TPSA) is 75.1 Å². The van der Waals surface area contributed by atoms with E-state index in [1.54, 1.807) is 6.07 Å². The number of thiophene rings is 1. The molecule has 6 nitrogen and oxygen atoms in total. The minimum Gasteiger partial charge on any atom is -0.386 e. The molecule has 0 bridgehead atoms. The van der Waals surface area contributed by atoms with E-state index in [0.29, 0.717) is 22.9 Å². The molecule has 1 aliphatic rings. The largest absolute Gasteiger partial charge is 0.386 e. The summed E-state index contributed by atoms with van der Waals surface area (Å²) in [6.07, 6.45) is 2.59. The van der Waals surface area contributed by atoms with Crippen LogP contribution in [0.25, 0.3) is 0 Å². The molecule has 26 heavy (non-hydrogen) atoms. The fourth-order valence-electron chi connectivity index (χ4n) is 2.49. The molecule has 0 amide bonds. The van der Waals surface area contributed by atoms with Crippen LogP contribution in [0.15, 0.2) is 17.1 Å². The maximum Gasteiger partial charge on any atom is 0.191 e. The lowest BCUT2D eigenvalue weighted by Crippen LogP contribution is -2.38. The standard InChI is InChI=1S/C17H28ClN3O3S.HI/c1-2-19-17(21-12-14(22)15-4-5-16(18)25-15)20-8-3-9-24-13-6-10-23-11-7-13;/h4-5,13-14,22H,2-3,6-12H2,1H3,(H2,19,20,21);1H. The molecule has 1 unspecified atom stereocenters. The van der Waals surface area contributed by atoms with E-state index >= 15 is 0 Å². The average molecular weight is 518 g/mol. The van der Waals surface area contributed by atoms with Crippen LogP contribution in [0.5, 0.6) is 0 Å². The number of hydrogen-bond acceptors (Lipinski definition) is 5. The van der Waals surface area contributed by atoms with Crippen molar-refractivity contribution >= 4 is 52.9 Å². The number of guanidine groups is 1. The first-order valence-corrected chi connectivity index (χ1v) is 10.0. The Morgan fingerprint density at radius 3 is 2.85 bits per heavy atom. The Labute approximate surface area is 181 Å². The van der Waals surface area contributed by atoms with Gasteiger partial charge in [-0.1, -0.05) is 11.6 Å². The third-order valence-electron chi connectivity index (χ3n) is 3.82. The first-order chi connectivity index (χ1) is 12.2. The number of nitrogens with one attached hydrogen (secondary N) is 2. The highest BCUT2D eigenvalue weighted by Gasteiger charge is 2.13. The molecule has 150 valence electrons. The van der Waals surface area contributed by atoms with Gasteiger partial charge in [0.15, 0.2) is 5.96 Å². The molecule has 9 heteroatoms. The summed E-state index contributed by atoms with van der Waals surface area (Å²) in [7, 11) is 0. The van der Waals surface area contributed by atoms with Crippen LogP contribution in [0.4, 0.5) is 0 Å². The maximum atomic E-state index is 10.2. The molecule has 0 aromatic carbocycles. The summed E-state index contributed by atoms with van der Waals surface area (Å²) in [5.41, 5.74) is 0. The molecule has 1 aromatic rings. The van der Waals surface area contributed by atoms with Crippen LogP contribution in [0.2, 0.25) is 4.34 Å². The summed E-state index contributed by atoms with van der Waals surface area (Å²) in [4.78, 5) is 5.27. The molecule has 3 N–H and O–H groups in total. The van der Waals surface area contributed by atoms with Gasteiger partial charge in [0.25, 0.3) is 0 Å². The van der Waals surface area contributed by atoms with Gasteiger partial charge in [-0.05, 0) is 38.3 Å². The first-order valence-electron chi connectivity index (χ1n) is 8.84. The molecule has 0 radical (unpaired) electrons. The van der Waals surface area contributed by atoms with Crippen LogP contribution < -0.4 is 10.6 Å². The molecule has 1 fully saturated rings. The molecule has 1 saturated heterocycles. The molecular weight excluding hydrogens is 489 g/mol. The van der Waals surface area contributed by atoms with Gasteiger partial charge in [0.05, 0.1) is 17.0 Å². The SMILES string of the molecule is CCNC(=NCC(O)c1ccc(Cl)s1)NCCCOC1CCOCC1.I. The summed E-state index contributed by atoms with van der Waals surface area (Å²) < 4.78 is 11.8. The van der Waals surface area contributed by atoms with Gasteiger partial charge in [0.2, 0.25) is 0 Å². The highest BCUT2D eigenvalue weighted by molar-refractivity contribution is 14.0. The average Bonchev–Trinajstić information content (AvgIpc) is 3.06. The smallest absolute Gasteiger partial charge is 0.191 e. The van der Waals surface area contributed by atoms with E-state index in [1.165, 1.54) is 11.3 Å². The second-order valence-corrected chi connectivity index (χ2v) is 7.59. The quantitative estimate of drug-likeness (QED) is 0.203. The zero-order chi connectivity index (χ0) is 17.9. The van der Waals surface area contributed by atoms with Gasteiger partial charge in [-0.15, -0.1) is 35.3 Å². The summed E-state index contributed by atoms with van der Waals surface area (Å²) in [5.74, 6) is 0.704. The van der Waals surface area contributed by atoms with E-state index < -0.39 is 6.10 Å². The van der Waals surface area contributed by atoms with Gasteiger partial charge < -0.3 is 25.2 Å². The van der Waals surface area contributed by atoms with Gasteiger partial charge in [0, 0.05) is 37.8 Å². The number of halogens is 2. The molecule has 1 aliphatic heterocycles. The van der Waals surface area contributed by atoms with E-state index in [-0.39, 0.29) is 24.0 Å². The van der Waals surface area contributed by atoms with Crippen molar-refractivity contribution in [3.8, 4) is 0 Å². The number of ether oxygens (including phenoxy) is 2. The summed E-state index contributed by atoms with van der Waals surface area (Å²) in [6.45, 7) is 6.19. The van der Waals surface area contributed by atoms with Gasteiger partial charge in [-0.3, -0.25) is 4.99 Å². The lowest BCUT2D eigenvalue weighted by Gasteiger charge is -2.22. The van der Waals surface area contributed by atoms with E-state index in [0.717, 1.165) is 57.0 Å². The fraction of sp³-hybridized carbons (Fsp3) is 0.706. The molecule has 2 rings (SSSR count). The third kappa shape index (κ3) is 9.18. The molecule has 1 atom stereocenters. The molecule has 0 spiro atoms. The van der Waals surface area contributed by atoms with Crippen molar-refractivity contribution in [3.05, 3.63) is 21.3 Å². The number of rotatable bonds is 9. The van der Waals surface area contributed by atoms with Crippen molar-refractivity contribution in [2.75, 3.05) is 39.5 Å². The van der Waals surface area contributed by atoms with Crippen LogP contribution in [0.1, 0.15) is 37.2 Å². The lowest BCUT2D eigenvalue weighted by atomic mass is 10.1. The minimum atomic E-state index is -0.634.